The van der Waals surface area contributed by atoms with Gasteiger partial charge in [0.25, 0.3) is 0 Å². The minimum atomic E-state index is -4.48. The van der Waals surface area contributed by atoms with E-state index in [1.807, 2.05) is 11.9 Å². The summed E-state index contributed by atoms with van der Waals surface area (Å²) in [6.45, 7) is 2.93. The third-order valence-corrected chi connectivity index (χ3v) is 5.10. The molecule has 2 fully saturated rings. The van der Waals surface area contributed by atoms with E-state index in [4.69, 9.17) is 0 Å². The highest BCUT2D eigenvalue weighted by Crippen LogP contribution is 2.29. The molecule has 6 nitrogen and oxygen atoms in total. The van der Waals surface area contributed by atoms with Gasteiger partial charge < -0.3 is 15.1 Å². The molecule has 0 saturated carbocycles. The van der Waals surface area contributed by atoms with E-state index in [1.54, 1.807) is 0 Å². The van der Waals surface area contributed by atoms with Crippen molar-refractivity contribution in [3.8, 4) is 0 Å². The van der Waals surface area contributed by atoms with Crippen molar-refractivity contribution in [3.63, 3.8) is 0 Å². The van der Waals surface area contributed by atoms with E-state index in [2.05, 4.69) is 20.2 Å². The first-order valence-corrected chi connectivity index (χ1v) is 8.96. The number of hydrogen-bond donors (Lipinski definition) is 1. The minimum Gasteiger partial charge on any atom is -0.356 e. The Kier molecular flexibility index (Phi) is 5.64. The molecule has 0 aliphatic carbocycles. The summed E-state index contributed by atoms with van der Waals surface area (Å²) < 4.78 is 38.4. The van der Waals surface area contributed by atoms with E-state index in [-0.39, 0.29) is 23.7 Å². The Balaban J connectivity index is 1.52. The number of hydrogen-bond acceptors (Lipinski definition) is 5. The molecule has 1 aromatic rings. The molecule has 26 heavy (non-hydrogen) atoms. The minimum absolute atomic E-state index is 0.0305. The molecule has 1 atom stereocenters. The molecule has 1 aromatic heterocycles. The highest BCUT2D eigenvalue weighted by Gasteiger charge is 2.34. The molecule has 3 rings (SSSR count). The van der Waals surface area contributed by atoms with E-state index >= 15 is 0 Å². The molecule has 2 saturated heterocycles. The lowest BCUT2D eigenvalue weighted by molar-refractivity contribution is -0.141. The van der Waals surface area contributed by atoms with Gasteiger partial charge in [-0.15, -0.1) is 0 Å². The summed E-state index contributed by atoms with van der Waals surface area (Å²) in [5, 5.41) is 3.11. The van der Waals surface area contributed by atoms with Crippen LogP contribution in [0.25, 0.3) is 0 Å². The Bertz CT molecular complexity index is 631. The zero-order valence-corrected chi connectivity index (χ0v) is 14.8. The molecule has 0 radical (unpaired) electrons. The van der Waals surface area contributed by atoms with Crippen molar-refractivity contribution in [2.45, 2.75) is 37.9 Å². The Morgan fingerprint density at radius 3 is 2.58 bits per heavy atom. The second-order valence-corrected chi connectivity index (χ2v) is 7.13. The third-order valence-electron chi connectivity index (χ3n) is 5.10. The third kappa shape index (κ3) is 4.63. The van der Waals surface area contributed by atoms with E-state index in [0.29, 0.717) is 25.9 Å². The monoisotopic (exact) mass is 371 g/mol. The van der Waals surface area contributed by atoms with Crippen LogP contribution < -0.4 is 10.2 Å². The average molecular weight is 371 g/mol. The first-order chi connectivity index (χ1) is 12.3. The largest absolute Gasteiger partial charge is 0.433 e. The summed E-state index contributed by atoms with van der Waals surface area (Å²) in [6, 6.07) is 1.05. The quantitative estimate of drug-likeness (QED) is 0.880. The lowest BCUT2D eigenvalue weighted by Gasteiger charge is -2.35. The van der Waals surface area contributed by atoms with E-state index in [0.717, 1.165) is 38.3 Å². The maximum absolute atomic E-state index is 12.8. The molecule has 1 amide bonds. The fourth-order valence-corrected chi connectivity index (χ4v) is 3.63. The zero-order valence-electron chi connectivity index (χ0n) is 14.8. The van der Waals surface area contributed by atoms with Crippen molar-refractivity contribution in [1.29, 1.82) is 0 Å². The van der Waals surface area contributed by atoms with Crippen molar-refractivity contribution >= 4 is 11.7 Å². The number of anilines is 1. The zero-order chi connectivity index (χ0) is 18.7. The van der Waals surface area contributed by atoms with Gasteiger partial charge in [0.15, 0.2) is 0 Å². The van der Waals surface area contributed by atoms with Gasteiger partial charge in [-0.25, -0.2) is 9.97 Å². The molecule has 9 heteroatoms. The Hall–Kier alpha value is -1.90. The summed E-state index contributed by atoms with van der Waals surface area (Å²) >= 11 is 0. The second-order valence-electron chi connectivity index (χ2n) is 7.13. The number of carbonyl (C=O) groups excluding carboxylic acids is 1. The van der Waals surface area contributed by atoms with E-state index in [9.17, 15) is 18.0 Å². The molecular formula is C17H24F3N5O. The molecule has 2 aliphatic rings. The van der Waals surface area contributed by atoms with Crippen molar-refractivity contribution in [2.24, 2.45) is 5.92 Å². The summed E-state index contributed by atoms with van der Waals surface area (Å²) in [6.07, 6.45) is -0.194. The fraction of sp³-hybridized carbons (Fsp3) is 0.706. The number of piperidine rings is 2. The summed E-state index contributed by atoms with van der Waals surface area (Å²) in [5.41, 5.74) is -0.931. The standard InChI is InChI=1S/C17H24F3N5O/c1-24-6-2-3-12(10-24)16(26)23-13-4-7-25(8-5-13)15-9-14(17(18,19)20)21-11-22-15/h9,11-13H,2-8,10H2,1H3,(H,23,26). The Morgan fingerprint density at radius 1 is 1.19 bits per heavy atom. The number of nitrogens with one attached hydrogen (secondary N) is 1. The fourth-order valence-electron chi connectivity index (χ4n) is 3.63. The normalized spacial score (nSPS) is 23.1. The van der Waals surface area contributed by atoms with Crippen LogP contribution in [0.1, 0.15) is 31.4 Å². The van der Waals surface area contributed by atoms with Gasteiger partial charge in [0.2, 0.25) is 5.91 Å². The van der Waals surface area contributed by atoms with Gasteiger partial charge in [0, 0.05) is 31.7 Å². The number of carbonyl (C=O) groups is 1. The highest BCUT2D eigenvalue weighted by molar-refractivity contribution is 5.79. The van der Waals surface area contributed by atoms with Gasteiger partial charge in [0.1, 0.15) is 17.8 Å². The van der Waals surface area contributed by atoms with Crippen LogP contribution in [0.3, 0.4) is 0 Å². The van der Waals surface area contributed by atoms with Crippen molar-refractivity contribution in [3.05, 3.63) is 18.1 Å². The van der Waals surface area contributed by atoms with Gasteiger partial charge in [-0.1, -0.05) is 0 Å². The predicted molar refractivity (Wildman–Crippen MR) is 90.6 cm³/mol. The number of likely N-dealkylation sites (tertiary alicyclic amines) is 1. The lowest BCUT2D eigenvalue weighted by Crippen LogP contribution is -2.49. The Labute approximate surface area is 150 Å². The maximum atomic E-state index is 12.8. The summed E-state index contributed by atoms with van der Waals surface area (Å²) in [4.78, 5) is 23.7. The number of halogens is 3. The van der Waals surface area contributed by atoms with E-state index in [1.165, 1.54) is 0 Å². The first kappa shape index (κ1) is 18.9. The maximum Gasteiger partial charge on any atom is 0.433 e. The first-order valence-electron chi connectivity index (χ1n) is 8.96. The van der Waals surface area contributed by atoms with Crippen LogP contribution in [-0.2, 0) is 11.0 Å². The molecule has 0 spiro atoms. The molecule has 1 N–H and O–H groups in total. The van der Waals surface area contributed by atoms with E-state index < -0.39 is 11.9 Å². The topological polar surface area (TPSA) is 61.4 Å². The number of aromatic nitrogens is 2. The molecule has 144 valence electrons. The lowest BCUT2D eigenvalue weighted by atomic mass is 9.96. The molecule has 3 heterocycles. The molecular weight excluding hydrogens is 347 g/mol. The van der Waals surface area contributed by atoms with Crippen LogP contribution >= 0.6 is 0 Å². The summed E-state index contributed by atoms with van der Waals surface area (Å²) in [7, 11) is 2.02. The van der Waals surface area contributed by atoms with Gasteiger partial charge in [-0.2, -0.15) is 13.2 Å². The van der Waals surface area contributed by atoms with Crippen molar-refractivity contribution < 1.29 is 18.0 Å². The molecule has 0 bridgehead atoms. The smallest absolute Gasteiger partial charge is 0.356 e. The van der Waals surface area contributed by atoms with Crippen LogP contribution in [0.4, 0.5) is 19.0 Å². The predicted octanol–water partition coefficient (Wildman–Crippen LogP) is 1.92. The van der Waals surface area contributed by atoms with Gasteiger partial charge >= 0.3 is 6.18 Å². The van der Waals surface area contributed by atoms with Gasteiger partial charge in [-0.05, 0) is 39.3 Å². The van der Waals surface area contributed by atoms with Gasteiger partial charge in [0.05, 0.1) is 5.92 Å². The SMILES string of the molecule is CN1CCCC(C(=O)NC2CCN(c3cc(C(F)(F)F)ncn3)CC2)C1. The van der Waals surface area contributed by atoms with Crippen LogP contribution in [0, 0.1) is 5.92 Å². The van der Waals surface area contributed by atoms with Crippen molar-refractivity contribution in [2.75, 3.05) is 38.1 Å². The van der Waals surface area contributed by atoms with Crippen LogP contribution in [0.5, 0.6) is 0 Å². The van der Waals surface area contributed by atoms with Crippen molar-refractivity contribution in [1.82, 2.24) is 20.2 Å². The number of nitrogens with zero attached hydrogens (tertiary/aromatic N) is 4. The number of alkyl halides is 3. The number of rotatable bonds is 3. The molecule has 1 unspecified atom stereocenters. The van der Waals surface area contributed by atoms with Crippen LogP contribution in [0.15, 0.2) is 12.4 Å². The second kappa shape index (κ2) is 7.77. The van der Waals surface area contributed by atoms with Gasteiger partial charge in [-0.3, -0.25) is 4.79 Å². The average Bonchev–Trinajstić information content (AvgIpc) is 2.62. The van der Waals surface area contributed by atoms with Crippen LogP contribution in [-0.4, -0.2) is 60.0 Å². The Morgan fingerprint density at radius 2 is 1.92 bits per heavy atom. The highest BCUT2D eigenvalue weighted by atomic mass is 19.4. The molecule has 0 aromatic carbocycles. The number of amides is 1. The summed E-state index contributed by atoms with van der Waals surface area (Å²) in [5.74, 6) is 0.408. The van der Waals surface area contributed by atoms with Crippen LogP contribution in [0.2, 0.25) is 0 Å². The molecule has 2 aliphatic heterocycles.